The molecule has 0 spiro atoms. The first kappa shape index (κ1) is 13.0. The minimum absolute atomic E-state index is 0.459. The zero-order valence-electron chi connectivity index (χ0n) is 10.4. The van der Waals surface area contributed by atoms with Crippen molar-refractivity contribution in [3.8, 4) is 0 Å². The second kappa shape index (κ2) is 5.06. The topological polar surface area (TPSA) is 21.1 Å². The van der Waals surface area contributed by atoms with Gasteiger partial charge in [0.15, 0.2) is 0 Å². The summed E-state index contributed by atoms with van der Waals surface area (Å²) in [5.74, 6) is 0. The van der Waals surface area contributed by atoms with Crippen LogP contribution in [0.4, 0.5) is 4.39 Å². The number of piperidine rings is 1. The van der Waals surface area contributed by atoms with E-state index in [1.807, 2.05) is 17.1 Å². The predicted molar refractivity (Wildman–Crippen MR) is 69.8 cm³/mol. The number of rotatable bonds is 3. The Bertz CT molecular complexity index is 364. The number of halogens is 2. The third-order valence-electron chi connectivity index (χ3n) is 3.10. The molecule has 0 atom stereocenters. The van der Waals surface area contributed by atoms with Crippen molar-refractivity contribution in [2.75, 3.05) is 19.6 Å². The molecule has 1 aromatic heterocycles. The van der Waals surface area contributed by atoms with Crippen molar-refractivity contribution in [1.29, 1.82) is 0 Å². The Morgan fingerprint density at radius 3 is 2.59 bits per heavy atom. The minimum Gasteiger partial charge on any atom is -0.300 e. The van der Waals surface area contributed by atoms with Crippen molar-refractivity contribution in [2.24, 2.45) is 0 Å². The molecule has 0 bridgehead atoms. The van der Waals surface area contributed by atoms with Crippen LogP contribution in [0.3, 0.4) is 0 Å². The third kappa shape index (κ3) is 3.78. The van der Waals surface area contributed by atoms with Crippen molar-refractivity contribution < 1.29 is 4.39 Å². The summed E-state index contributed by atoms with van der Waals surface area (Å²) in [7, 11) is 0. The summed E-state index contributed by atoms with van der Waals surface area (Å²) in [6.07, 6.45) is 5.92. The second-order valence-corrected chi connectivity index (χ2v) is 6.28. The third-order valence-corrected chi connectivity index (χ3v) is 3.51. The van der Waals surface area contributed by atoms with E-state index in [9.17, 15) is 4.39 Å². The molecule has 0 saturated carbocycles. The van der Waals surface area contributed by atoms with Gasteiger partial charge >= 0.3 is 0 Å². The van der Waals surface area contributed by atoms with Crippen LogP contribution < -0.4 is 0 Å². The fourth-order valence-electron chi connectivity index (χ4n) is 2.39. The molecule has 1 saturated heterocycles. The quantitative estimate of drug-likeness (QED) is 0.856. The molecule has 5 heteroatoms. The highest BCUT2D eigenvalue weighted by atomic mass is 79.9. The van der Waals surface area contributed by atoms with E-state index in [4.69, 9.17) is 0 Å². The molecule has 3 nitrogen and oxygen atoms in total. The molecule has 17 heavy (non-hydrogen) atoms. The van der Waals surface area contributed by atoms with Gasteiger partial charge in [0.05, 0.1) is 16.7 Å². The Labute approximate surface area is 110 Å². The van der Waals surface area contributed by atoms with E-state index >= 15 is 0 Å². The summed E-state index contributed by atoms with van der Waals surface area (Å²) >= 11 is 3.41. The molecular formula is C12H19BrFN3. The Kier molecular flexibility index (Phi) is 3.88. The van der Waals surface area contributed by atoms with Gasteiger partial charge in [-0.15, -0.1) is 0 Å². The maximum Gasteiger partial charge on any atom is 0.118 e. The van der Waals surface area contributed by atoms with E-state index in [1.165, 1.54) is 0 Å². The summed E-state index contributed by atoms with van der Waals surface area (Å²) in [5.41, 5.74) is -1.10. The van der Waals surface area contributed by atoms with Crippen LogP contribution in [0.15, 0.2) is 16.9 Å². The van der Waals surface area contributed by atoms with Crippen molar-refractivity contribution in [3.63, 3.8) is 0 Å². The number of hydrogen-bond donors (Lipinski definition) is 0. The van der Waals surface area contributed by atoms with Gasteiger partial charge in [-0.3, -0.25) is 4.68 Å². The minimum atomic E-state index is -1.10. The monoisotopic (exact) mass is 303 g/mol. The first-order chi connectivity index (χ1) is 7.94. The maximum absolute atomic E-state index is 13.5. The lowest BCUT2D eigenvalue weighted by atomic mass is 10.0. The van der Waals surface area contributed by atoms with Gasteiger partial charge in [0.1, 0.15) is 5.67 Å². The zero-order valence-corrected chi connectivity index (χ0v) is 12.0. The van der Waals surface area contributed by atoms with E-state index in [1.54, 1.807) is 13.8 Å². The van der Waals surface area contributed by atoms with Gasteiger partial charge in [-0.2, -0.15) is 5.10 Å². The zero-order chi connectivity index (χ0) is 12.5. The van der Waals surface area contributed by atoms with Crippen LogP contribution in [0.25, 0.3) is 0 Å². The van der Waals surface area contributed by atoms with E-state index in [2.05, 4.69) is 25.9 Å². The van der Waals surface area contributed by atoms with Gasteiger partial charge in [0, 0.05) is 25.8 Å². The first-order valence-electron chi connectivity index (χ1n) is 6.05. The lowest BCUT2D eigenvalue weighted by Crippen LogP contribution is -2.41. The molecule has 2 rings (SSSR count). The van der Waals surface area contributed by atoms with E-state index < -0.39 is 5.67 Å². The highest BCUT2D eigenvalue weighted by molar-refractivity contribution is 9.10. The van der Waals surface area contributed by atoms with Crippen molar-refractivity contribution in [2.45, 2.75) is 38.4 Å². The first-order valence-corrected chi connectivity index (χ1v) is 6.84. The number of likely N-dealkylation sites (tertiary alicyclic amines) is 1. The maximum atomic E-state index is 13.5. The molecule has 1 aliphatic heterocycles. The van der Waals surface area contributed by atoms with Crippen LogP contribution >= 0.6 is 15.9 Å². The summed E-state index contributed by atoms with van der Waals surface area (Å²) in [6.45, 7) is 5.72. The van der Waals surface area contributed by atoms with Crippen LogP contribution in [0.1, 0.15) is 32.7 Å². The molecule has 1 fully saturated rings. The molecule has 0 aromatic carbocycles. The lowest BCUT2D eigenvalue weighted by molar-refractivity contribution is 0.0953. The number of nitrogens with zero attached hydrogens (tertiary/aromatic N) is 3. The summed E-state index contributed by atoms with van der Waals surface area (Å²) < 4.78 is 16.6. The Hall–Kier alpha value is -0.420. The van der Waals surface area contributed by atoms with Gasteiger partial charge in [0.2, 0.25) is 0 Å². The van der Waals surface area contributed by atoms with E-state index in [-0.39, 0.29) is 0 Å². The summed E-state index contributed by atoms with van der Waals surface area (Å²) in [6, 6.07) is 0.459. The van der Waals surface area contributed by atoms with Crippen molar-refractivity contribution in [3.05, 3.63) is 16.9 Å². The van der Waals surface area contributed by atoms with E-state index in [0.717, 1.165) is 30.4 Å². The summed E-state index contributed by atoms with van der Waals surface area (Å²) in [5, 5.41) is 4.32. The normalized spacial score (nSPS) is 19.8. The second-order valence-electron chi connectivity index (χ2n) is 5.36. The molecule has 1 aliphatic rings. The Balaban J connectivity index is 1.86. The molecule has 96 valence electrons. The SMILES string of the molecule is CC(C)(F)CN1CCC(n2cc(Br)cn2)CC1. The summed E-state index contributed by atoms with van der Waals surface area (Å²) in [4.78, 5) is 2.20. The molecular weight excluding hydrogens is 285 g/mol. The Morgan fingerprint density at radius 1 is 1.47 bits per heavy atom. The van der Waals surface area contributed by atoms with Gasteiger partial charge in [0.25, 0.3) is 0 Å². The molecule has 0 radical (unpaired) electrons. The number of aromatic nitrogens is 2. The number of alkyl halides is 1. The predicted octanol–water partition coefficient (Wildman–Crippen LogP) is 3.03. The van der Waals surface area contributed by atoms with Gasteiger partial charge in [-0.05, 0) is 42.6 Å². The highest BCUT2D eigenvalue weighted by Crippen LogP contribution is 2.24. The smallest absolute Gasteiger partial charge is 0.118 e. The number of hydrogen-bond acceptors (Lipinski definition) is 2. The standard InChI is InChI=1S/C12H19BrFN3/c1-12(2,14)9-16-5-3-11(4-6-16)17-8-10(13)7-15-17/h7-8,11H,3-6,9H2,1-2H3. The van der Waals surface area contributed by atoms with Crippen LogP contribution in [0, 0.1) is 0 Å². The lowest BCUT2D eigenvalue weighted by Gasteiger charge is -2.34. The van der Waals surface area contributed by atoms with Gasteiger partial charge in [-0.1, -0.05) is 0 Å². The van der Waals surface area contributed by atoms with Crippen molar-refractivity contribution >= 4 is 15.9 Å². The van der Waals surface area contributed by atoms with Crippen LogP contribution in [0.2, 0.25) is 0 Å². The molecule has 2 heterocycles. The highest BCUT2D eigenvalue weighted by Gasteiger charge is 2.26. The molecule has 0 N–H and O–H groups in total. The fourth-order valence-corrected chi connectivity index (χ4v) is 2.69. The average molecular weight is 304 g/mol. The van der Waals surface area contributed by atoms with Crippen molar-refractivity contribution in [1.82, 2.24) is 14.7 Å². The molecule has 1 aromatic rings. The van der Waals surface area contributed by atoms with Crippen LogP contribution in [-0.2, 0) is 0 Å². The molecule has 0 aliphatic carbocycles. The van der Waals surface area contributed by atoms with Gasteiger partial charge < -0.3 is 4.90 Å². The molecule has 0 unspecified atom stereocenters. The Morgan fingerprint density at radius 2 is 2.12 bits per heavy atom. The van der Waals surface area contributed by atoms with Crippen LogP contribution in [-0.4, -0.2) is 40.0 Å². The van der Waals surface area contributed by atoms with Gasteiger partial charge in [-0.25, -0.2) is 4.39 Å². The molecule has 0 amide bonds. The fraction of sp³-hybridized carbons (Fsp3) is 0.750. The van der Waals surface area contributed by atoms with E-state index in [0.29, 0.717) is 12.6 Å². The average Bonchev–Trinajstić information content (AvgIpc) is 2.63. The van der Waals surface area contributed by atoms with Crippen LogP contribution in [0.5, 0.6) is 0 Å². The largest absolute Gasteiger partial charge is 0.300 e.